The predicted molar refractivity (Wildman–Crippen MR) is 146 cm³/mol. The van der Waals surface area contributed by atoms with Crippen LogP contribution >= 0.6 is 11.3 Å². The number of rotatable bonds is 8. The quantitative estimate of drug-likeness (QED) is 0.237. The molecule has 3 heterocycles. The SMILES string of the molecule is N=C(N)c1csc(CNC(=O)[C@@H]2CC3(CN2C(=O)CNC(=O)c2ccc(-c4ccc(F)cc4F)cc2)OCCO3)c1. The molecule has 0 radical (unpaired) electrons. The van der Waals surface area contributed by atoms with Crippen LogP contribution in [0.15, 0.2) is 53.9 Å². The summed E-state index contributed by atoms with van der Waals surface area (Å²) in [7, 11) is 0. The van der Waals surface area contributed by atoms with Gasteiger partial charge >= 0.3 is 0 Å². The Hall–Kier alpha value is -4.20. The molecule has 3 amide bonds. The molecule has 2 saturated heterocycles. The number of benzene rings is 2. The normalized spacial score (nSPS) is 17.5. The molecular weight excluding hydrogens is 556 g/mol. The maximum Gasteiger partial charge on any atom is 0.251 e. The molecule has 1 aromatic heterocycles. The zero-order valence-corrected chi connectivity index (χ0v) is 22.6. The van der Waals surface area contributed by atoms with Crippen LogP contribution < -0.4 is 16.4 Å². The first-order valence-electron chi connectivity index (χ1n) is 12.7. The van der Waals surface area contributed by atoms with Crippen molar-refractivity contribution < 1.29 is 32.6 Å². The van der Waals surface area contributed by atoms with Crippen molar-refractivity contribution in [1.82, 2.24) is 15.5 Å². The molecule has 1 atom stereocenters. The molecule has 5 rings (SSSR count). The highest BCUT2D eigenvalue weighted by atomic mass is 32.1. The minimum absolute atomic E-state index is 0.0329. The number of nitrogen functional groups attached to an aromatic ring is 1. The molecule has 0 bridgehead atoms. The summed E-state index contributed by atoms with van der Waals surface area (Å²) < 4.78 is 38.8. The third-order valence-electron chi connectivity index (χ3n) is 6.92. The van der Waals surface area contributed by atoms with E-state index in [2.05, 4.69) is 10.6 Å². The number of halogens is 2. The number of thiophene rings is 1. The van der Waals surface area contributed by atoms with Gasteiger partial charge in [-0.15, -0.1) is 11.3 Å². The van der Waals surface area contributed by atoms with Gasteiger partial charge in [-0.2, -0.15) is 0 Å². The summed E-state index contributed by atoms with van der Waals surface area (Å²) in [6.07, 6.45) is 0.142. The van der Waals surface area contributed by atoms with Crippen LogP contribution in [0, 0.1) is 17.0 Å². The lowest BCUT2D eigenvalue weighted by Crippen LogP contribution is -2.49. The lowest BCUT2D eigenvalue weighted by Gasteiger charge is -2.24. The second-order valence-electron chi connectivity index (χ2n) is 9.67. The van der Waals surface area contributed by atoms with Crippen molar-refractivity contribution >= 4 is 34.9 Å². The number of amidine groups is 1. The molecule has 5 N–H and O–H groups in total. The Morgan fingerprint density at radius 2 is 1.78 bits per heavy atom. The fraction of sp³-hybridized carbons (Fsp3) is 0.286. The molecule has 2 fully saturated rings. The Bertz CT molecular complexity index is 1490. The highest BCUT2D eigenvalue weighted by Gasteiger charge is 2.52. The van der Waals surface area contributed by atoms with Crippen LogP contribution in [0.1, 0.15) is 27.2 Å². The molecule has 1 spiro atoms. The van der Waals surface area contributed by atoms with Crippen LogP contribution in [-0.4, -0.2) is 66.6 Å². The number of hydrogen-bond acceptors (Lipinski definition) is 7. The van der Waals surface area contributed by atoms with Crippen LogP contribution in [0.4, 0.5) is 8.78 Å². The van der Waals surface area contributed by atoms with Crippen LogP contribution in [0.25, 0.3) is 11.1 Å². The minimum atomic E-state index is -1.09. The van der Waals surface area contributed by atoms with Crippen molar-refractivity contribution in [3.63, 3.8) is 0 Å². The van der Waals surface area contributed by atoms with E-state index in [1.165, 1.54) is 46.6 Å². The van der Waals surface area contributed by atoms with Crippen molar-refractivity contribution in [2.45, 2.75) is 24.8 Å². The average Bonchev–Trinajstić information content (AvgIpc) is 3.71. The zero-order chi connectivity index (χ0) is 29.1. The predicted octanol–water partition coefficient (Wildman–Crippen LogP) is 2.37. The molecule has 0 saturated carbocycles. The number of amides is 3. The number of nitrogens with one attached hydrogen (secondary N) is 3. The molecule has 2 aromatic carbocycles. The summed E-state index contributed by atoms with van der Waals surface area (Å²) in [6.45, 7) is 0.533. The highest BCUT2D eigenvalue weighted by molar-refractivity contribution is 7.10. The third-order valence-corrected chi connectivity index (χ3v) is 7.86. The van der Waals surface area contributed by atoms with E-state index in [-0.39, 0.29) is 43.0 Å². The fourth-order valence-electron chi connectivity index (χ4n) is 4.83. The molecule has 2 aliphatic rings. The molecule has 0 aliphatic carbocycles. The van der Waals surface area contributed by atoms with Crippen molar-refractivity contribution in [3.8, 4) is 11.1 Å². The van der Waals surface area contributed by atoms with E-state index in [1.807, 2.05) is 0 Å². The average molecular weight is 584 g/mol. The molecule has 3 aromatic rings. The molecule has 2 aliphatic heterocycles. The largest absolute Gasteiger partial charge is 0.384 e. The van der Waals surface area contributed by atoms with E-state index >= 15 is 0 Å². The van der Waals surface area contributed by atoms with Crippen LogP contribution in [0.5, 0.6) is 0 Å². The lowest BCUT2D eigenvalue weighted by molar-refractivity contribution is -0.152. The Balaban J connectivity index is 1.21. The highest BCUT2D eigenvalue weighted by Crippen LogP contribution is 2.35. The van der Waals surface area contributed by atoms with Crippen molar-refractivity contribution in [1.29, 1.82) is 5.41 Å². The van der Waals surface area contributed by atoms with Gasteiger partial charge in [0.2, 0.25) is 11.8 Å². The van der Waals surface area contributed by atoms with E-state index < -0.39 is 41.2 Å². The maximum absolute atomic E-state index is 14.1. The summed E-state index contributed by atoms with van der Waals surface area (Å²) in [5.74, 6) is -3.99. The number of nitrogens with two attached hydrogens (primary N) is 1. The number of hydrogen-bond donors (Lipinski definition) is 4. The summed E-state index contributed by atoms with van der Waals surface area (Å²) >= 11 is 1.35. The molecule has 0 unspecified atom stereocenters. The van der Waals surface area contributed by atoms with Crippen LogP contribution in [0.2, 0.25) is 0 Å². The summed E-state index contributed by atoms with van der Waals surface area (Å²) in [4.78, 5) is 41.2. The number of ether oxygens (including phenoxy) is 2. The van der Waals surface area contributed by atoms with Crippen molar-refractivity contribution in [2.24, 2.45) is 5.73 Å². The summed E-state index contributed by atoms with van der Waals surface area (Å²) in [5.41, 5.74) is 6.96. The van der Waals surface area contributed by atoms with Crippen LogP contribution in [-0.2, 0) is 25.6 Å². The third kappa shape index (κ3) is 6.26. The van der Waals surface area contributed by atoms with E-state index in [1.54, 1.807) is 11.4 Å². The van der Waals surface area contributed by atoms with Crippen molar-refractivity contribution in [3.05, 3.63) is 81.5 Å². The lowest BCUT2D eigenvalue weighted by atomic mass is 10.0. The van der Waals surface area contributed by atoms with E-state index in [0.717, 1.165) is 17.0 Å². The first-order valence-corrected chi connectivity index (χ1v) is 13.6. The van der Waals surface area contributed by atoms with Crippen molar-refractivity contribution in [2.75, 3.05) is 26.3 Å². The number of carbonyl (C=O) groups is 3. The van der Waals surface area contributed by atoms with Gasteiger partial charge in [0.05, 0.1) is 32.8 Å². The summed E-state index contributed by atoms with van der Waals surface area (Å²) in [6, 6.07) is 10.1. The van der Waals surface area contributed by atoms with E-state index in [4.69, 9.17) is 20.6 Å². The molecule has 10 nitrogen and oxygen atoms in total. The maximum atomic E-state index is 14.1. The van der Waals surface area contributed by atoms with Gasteiger partial charge in [0.15, 0.2) is 5.79 Å². The van der Waals surface area contributed by atoms with E-state index in [9.17, 15) is 23.2 Å². The van der Waals surface area contributed by atoms with Gasteiger partial charge < -0.3 is 30.7 Å². The van der Waals surface area contributed by atoms with Gasteiger partial charge in [0.1, 0.15) is 23.5 Å². The van der Waals surface area contributed by atoms with Gasteiger partial charge in [-0.25, -0.2) is 8.78 Å². The zero-order valence-electron chi connectivity index (χ0n) is 21.7. The summed E-state index contributed by atoms with van der Waals surface area (Å²) in [5, 5.41) is 14.6. The topological polar surface area (TPSA) is 147 Å². The standard InChI is InChI=1S/C28H27F2N5O5S/c29-19-5-6-21(22(30)10-19)16-1-3-17(4-2-16)26(37)34-13-24(36)35-15-28(39-7-8-40-28)11-23(35)27(38)33-12-20-9-18(14-41-20)25(31)32/h1-6,9-10,14,23H,7-8,11-13,15H2,(H3,31,32)(H,33,38)(H,34,37)/t23-/m0/s1. The molecule has 13 heteroatoms. The van der Waals surface area contributed by atoms with Gasteiger partial charge in [-0.05, 0) is 35.9 Å². The number of nitrogens with zero attached hydrogens (tertiary/aromatic N) is 1. The fourth-order valence-corrected chi connectivity index (χ4v) is 5.66. The number of likely N-dealkylation sites (tertiary alicyclic amines) is 1. The second kappa shape index (κ2) is 11.7. The second-order valence-corrected chi connectivity index (χ2v) is 10.7. The van der Waals surface area contributed by atoms with Crippen LogP contribution in [0.3, 0.4) is 0 Å². The molecule has 41 heavy (non-hydrogen) atoms. The molecule has 214 valence electrons. The van der Waals surface area contributed by atoms with E-state index in [0.29, 0.717) is 24.3 Å². The smallest absolute Gasteiger partial charge is 0.251 e. The van der Waals surface area contributed by atoms with Gasteiger partial charge in [0.25, 0.3) is 5.91 Å². The Morgan fingerprint density at radius 3 is 2.44 bits per heavy atom. The first-order chi connectivity index (χ1) is 19.6. The van der Waals surface area contributed by atoms with Gasteiger partial charge in [0, 0.05) is 39.4 Å². The monoisotopic (exact) mass is 583 g/mol. The van der Waals surface area contributed by atoms with Gasteiger partial charge in [-0.1, -0.05) is 12.1 Å². The Labute approximate surface area is 237 Å². The minimum Gasteiger partial charge on any atom is -0.384 e. The Morgan fingerprint density at radius 1 is 1.05 bits per heavy atom. The Kier molecular flexibility index (Phi) is 8.10. The first kappa shape index (κ1) is 28.3. The van der Waals surface area contributed by atoms with Gasteiger partial charge in [-0.3, -0.25) is 19.8 Å². The molecular formula is C28H27F2N5O5S. The number of carbonyl (C=O) groups excluding carboxylic acids is 3.